The van der Waals surface area contributed by atoms with Crippen molar-refractivity contribution in [2.24, 2.45) is 0 Å². The molecule has 3 aromatic rings. The number of piperidine rings is 1. The summed E-state index contributed by atoms with van der Waals surface area (Å²) in [6.45, 7) is 5.52. The van der Waals surface area contributed by atoms with E-state index in [2.05, 4.69) is 32.2 Å². The van der Waals surface area contributed by atoms with Gasteiger partial charge in [-0.3, -0.25) is 0 Å². The van der Waals surface area contributed by atoms with Crippen molar-refractivity contribution in [1.82, 2.24) is 20.2 Å². The maximum Gasteiger partial charge on any atom is 0.169 e. The van der Waals surface area contributed by atoms with Gasteiger partial charge in [-0.05, 0) is 44.4 Å². The second kappa shape index (κ2) is 6.17. The van der Waals surface area contributed by atoms with Crippen molar-refractivity contribution < 1.29 is 0 Å². The molecule has 4 rings (SSSR count). The first kappa shape index (κ1) is 15.6. The van der Waals surface area contributed by atoms with Crippen molar-refractivity contribution in [3.63, 3.8) is 0 Å². The number of imidazole rings is 1. The largest absolute Gasteiger partial charge is 0.353 e. The van der Waals surface area contributed by atoms with Gasteiger partial charge >= 0.3 is 0 Å². The van der Waals surface area contributed by atoms with Crippen LogP contribution in [0.3, 0.4) is 0 Å². The maximum absolute atomic E-state index is 9.57. The molecule has 0 aliphatic carbocycles. The Morgan fingerprint density at radius 3 is 2.88 bits per heavy atom. The Labute approximate surface area is 146 Å². The first-order chi connectivity index (χ1) is 12.2. The topological polar surface area (TPSA) is 81.5 Å². The second-order valence-electron chi connectivity index (χ2n) is 6.65. The highest BCUT2D eigenvalue weighted by atomic mass is 15.3. The molecule has 0 radical (unpaired) electrons. The predicted octanol–water partition coefficient (Wildman–Crippen LogP) is 3.23. The van der Waals surface area contributed by atoms with Gasteiger partial charge in [0.25, 0.3) is 0 Å². The Kier molecular flexibility index (Phi) is 3.85. The number of H-pyrrole nitrogens is 1. The molecular formula is C19H20N6. The van der Waals surface area contributed by atoms with Gasteiger partial charge in [-0.25, -0.2) is 4.98 Å². The van der Waals surface area contributed by atoms with Crippen LogP contribution in [0, 0.1) is 25.2 Å². The highest BCUT2D eigenvalue weighted by Crippen LogP contribution is 2.31. The number of nitrogens with zero attached hydrogens (tertiary/aromatic N) is 5. The van der Waals surface area contributed by atoms with Crippen LogP contribution in [0.2, 0.25) is 0 Å². The normalized spacial score (nSPS) is 17.6. The maximum atomic E-state index is 9.57. The van der Waals surface area contributed by atoms with Crippen LogP contribution in [0.1, 0.15) is 41.4 Å². The van der Waals surface area contributed by atoms with E-state index in [1.165, 1.54) is 0 Å². The van der Waals surface area contributed by atoms with Crippen LogP contribution >= 0.6 is 0 Å². The third-order valence-corrected chi connectivity index (χ3v) is 5.06. The molecule has 2 aromatic heterocycles. The molecule has 1 saturated heterocycles. The summed E-state index contributed by atoms with van der Waals surface area (Å²) in [6.07, 6.45) is 2.12. The van der Waals surface area contributed by atoms with E-state index >= 15 is 0 Å². The number of aromatic amines is 1. The quantitative estimate of drug-likeness (QED) is 0.779. The van der Waals surface area contributed by atoms with Gasteiger partial charge in [-0.1, -0.05) is 12.1 Å². The lowest BCUT2D eigenvalue weighted by atomic mass is 9.96. The number of fused-ring (bicyclic) bond motifs is 1. The Balaban J connectivity index is 1.65. The summed E-state index contributed by atoms with van der Waals surface area (Å²) in [6, 6.07) is 10.4. The van der Waals surface area contributed by atoms with E-state index in [1.807, 2.05) is 32.0 Å². The number of hydrogen-bond acceptors (Lipinski definition) is 5. The van der Waals surface area contributed by atoms with Crippen LogP contribution in [-0.4, -0.2) is 33.3 Å². The monoisotopic (exact) mass is 332 g/mol. The molecule has 1 atom stereocenters. The van der Waals surface area contributed by atoms with E-state index in [-0.39, 0.29) is 0 Å². The van der Waals surface area contributed by atoms with E-state index in [0.717, 1.165) is 54.0 Å². The molecule has 1 N–H and O–H groups in total. The van der Waals surface area contributed by atoms with Crippen LogP contribution in [0.15, 0.2) is 24.3 Å². The molecule has 0 bridgehead atoms. The molecule has 1 unspecified atom stereocenters. The average molecular weight is 332 g/mol. The summed E-state index contributed by atoms with van der Waals surface area (Å²) >= 11 is 0. The van der Waals surface area contributed by atoms with Gasteiger partial charge in [-0.15, -0.1) is 5.10 Å². The SMILES string of the molecule is Cc1nnc(N2CCCC(c3nc4ccccc4[nH]3)C2)c(C#N)c1C. The number of aromatic nitrogens is 4. The smallest absolute Gasteiger partial charge is 0.169 e. The van der Waals surface area contributed by atoms with Gasteiger partial charge in [0.1, 0.15) is 17.5 Å². The van der Waals surface area contributed by atoms with Crippen molar-refractivity contribution in [2.45, 2.75) is 32.6 Å². The van der Waals surface area contributed by atoms with Crippen LogP contribution in [-0.2, 0) is 0 Å². The zero-order valence-corrected chi connectivity index (χ0v) is 14.5. The van der Waals surface area contributed by atoms with Gasteiger partial charge in [0.2, 0.25) is 0 Å². The fourth-order valence-corrected chi connectivity index (χ4v) is 3.51. The average Bonchev–Trinajstić information content (AvgIpc) is 3.08. The van der Waals surface area contributed by atoms with Crippen LogP contribution in [0.5, 0.6) is 0 Å². The molecule has 1 aromatic carbocycles. The van der Waals surface area contributed by atoms with Crippen molar-refractivity contribution in [3.05, 3.63) is 46.9 Å². The lowest BCUT2D eigenvalue weighted by Crippen LogP contribution is -2.36. The Hall–Kier alpha value is -2.94. The number of aryl methyl sites for hydroxylation is 1. The van der Waals surface area contributed by atoms with Crippen molar-refractivity contribution >= 4 is 16.9 Å². The zero-order chi connectivity index (χ0) is 17.4. The summed E-state index contributed by atoms with van der Waals surface area (Å²) in [5.74, 6) is 2.02. The first-order valence-corrected chi connectivity index (χ1v) is 8.61. The molecule has 1 aliphatic heterocycles. The minimum atomic E-state index is 0.302. The number of benzene rings is 1. The fourth-order valence-electron chi connectivity index (χ4n) is 3.51. The van der Waals surface area contributed by atoms with Crippen LogP contribution in [0.4, 0.5) is 5.82 Å². The van der Waals surface area contributed by atoms with Crippen molar-refractivity contribution in [3.8, 4) is 6.07 Å². The third-order valence-electron chi connectivity index (χ3n) is 5.06. The van der Waals surface area contributed by atoms with Crippen LogP contribution in [0.25, 0.3) is 11.0 Å². The number of nitriles is 1. The molecule has 0 amide bonds. The number of para-hydroxylation sites is 2. The molecule has 1 aliphatic rings. The summed E-state index contributed by atoms with van der Waals surface area (Å²) in [5, 5.41) is 18.1. The van der Waals surface area contributed by atoms with E-state index in [1.54, 1.807) is 0 Å². The van der Waals surface area contributed by atoms with Gasteiger partial charge in [-0.2, -0.15) is 10.4 Å². The lowest BCUT2D eigenvalue weighted by Gasteiger charge is -2.33. The molecule has 6 heteroatoms. The minimum Gasteiger partial charge on any atom is -0.353 e. The van der Waals surface area contributed by atoms with Crippen molar-refractivity contribution in [2.75, 3.05) is 18.0 Å². The lowest BCUT2D eigenvalue weighted by molar-refractivity contribution is 0.490. The Morgan fingerprint density at radius 1 is 1.24 bits per heavy atom. The number of hydrogen-bond donors (Lipinski definition) is 1. The van der Waals surface area contributed by atoms with Gasteiger partial charge in [0.15, 0.2) is 5.82 Å². The van der Waals surface area contributed by atoms with Gasteiger partial charge in [0.05, 0.1) is 16.7 Å². The highest BCUT2D eigenvalue weighted by Gasteiger charge is 2.27. The van der Waals surface area contributed by atoms with E-state index in [9.17, 15) is 5.26 Å². The summed E-state index contributed by atoms with van der Waals surface area (Å²) in [4.78, 5) is 10.4. The Morgan fingerprint density at radius 2 is 2.08 bits per heavy atom. The van der Waals surface area contributed by atoms with Crippen LogP contribution < -0.4 is 4.90 Å². The third kappa shape index (κ3) is 2.72. The summed E-state index contributed by atoms with van der Waals surface area (Å²) < 4.78 is 0. The van der Waals surface area contributed by atoms with Crippen molar-refractivity contribution in [1.29, 1.82) is 5.26 Å². The van der Waals surface area contributed by atoms with Gasteiger partial charge < -0.3 is 9.88 Å². The van der Waals surface area contributed by atoms with E-state index in [0.29, 0.717) is 17.3 Å². The molecule has 0 saturated carbocycles. The summed E-state index contributed by atoms with van der Waals surface area (Å²) in [7, 11) is 0. The molecule has 25 heavy (non-hydrogen) atoms. The van der Waals surface area contributed by atoms with E-state index < -0.39 is 0 Å². The minimum absolute atomic E-state index is 0.302. The zero-order valence-electron chi connectivity index (χ0n) is 14.5. The Bertz CT molecular complexity index is 935. The molecule has 1 fully saturated rings. The standard InChI is InChI=1S/C19H20N6/c1-12-13(2)23-24-19(15(12)10-20)25-9-5-6-14(11-25)18-21-16-7-3-4-8-17(16)22-18/h3-4,7-8,14H,5-6,9,11H2,1-2H3,(H,21,22). The summed E-state index contributed by atoms with van der Waals surface area (Å²) in [5.41, 5.74) is 4.43. The highest BCUT2D eigenvalue weighted by molar-refractivity contribution is 5.74. The first-order valence-electron chi connectivity index (χ1n) is 8.61. The number of rotatable bonds is 2. The second-order valence-corrected chi connectivity index (χ2v) is 6.65. The molecular weight excluding hydrogens is 312 g/mol. The molecule has 3 heterocycles. The molecule has 126 valence electrons. The number of nitrogens with one attached hydrogen (secondary N) is 1. The van der Waals surface area contributed by atoms with Gasteiger partial charge in [0, 0.05) is 19.0 Å². The predicted molar refractivity (Wildman–Crippen MR) is 96.5 cm³/mol. The molecule has 0 spiro atoms. The fraction of sp³-hybridized carbons (Fsp3) is 0.368. The van der Waals surface area contributed by atoms with E-state index in [4.69, 9.17) is 4.98 Å². The number of anilines is 1. The molecule has 6 nitrogen and oxygen atoms in total.